The summed E-state index contributed by atoms with van der Waals surface area (Å²) in [5, 5.41) is 3.71. The van der Waals surface area contributed by atoms with Crippen LogP contribution in [0, 0.1) is 11.7 Å². The molecule has 0 aromatic heterocycles. The summed E-state index contributed by atoms with van der Waals surface area (Å²) in [5.74, 6) is -0.111. The molecule has 1 saturated heterocycles. The Bertz CT molecular complexity index is 695. The van der Waals surface area contributed by atoms with E-state index in [4.69, 9.17) is 11.6 Å². The largest absolute Gasteiger partial charge is 0.352 e. The average molecular weight is 361 g/mol. The Kier molecular flexibility index (Phi) is 6.05. The highest BCUT2D eigenvalue weighted by molar-refractivity contribution is 6.30. The average Bonchev–Trinajstić information content (AvgIpc) is 2.63. The number of carbonyl (C=O) groups excluding carboxylic acids is 1. The number of hydrogen-bond donors (Lipinski definition) is 1. The van der Waals surface area contributed by atoms with Gasteiger partial charge < -0.3 is 5.32 Å². The zero-order chi connectivity index (χ0) is 17.6. The standard InChI is InChI=1S/C20H22ClFN2O/c21-18-5-1-16(2-6-18)14-24-11-9-17(10-12-24)20(25)23-13-15-3-7-19(22)8-4-15/h1-8,17H,9-14H2,(H,23,25). The SMILES string of the molecule is O=C(NCc1ccc(F)cc1)C1CCN(Cc2ccc(Cl)cc2)CC1. The Morgan fingerprint density at radius 3 is 2.28 bits per heavy atom. The van der Waals surface area contributed by atoms with Gasteiger partial charge in [-0.2, -0.15) is 0 Å². The Morgan fingerprint density at radius 2 is 1.64 bits per heavy atom. The molecular weight excluding hydrogens is 339 g/mol. The van der Waals surface area contributed by atoms with E-state index >= 15 is 0 Å². The first-order valence-electron chi connectivity index (χ1n) is 8.59. The van der Waals surface area contributed by atoms with Crippen LogP contribution in [-0.2, 0) is 17.9 Å². The summed E-state index contributed by atoms with van der Waals surface area (Å²) in [6.07, 6.45) is 1.73. The van der Waals surface area contributed by atoms with E-state index in [0.717, 1.165) is 43.1 Å². The van der Waals surface area contributed by atoms with Crippen LogP contribution in [0.5, 0.6) is 0 Å². The van der Waals surface area contributed by atoms with Gasteiger partial charge in [-0.1, -0.05) is 35.9 Å². The predicted octanol–water partition coefficient (Wildman–Crippen LogP) is 4.01. The smallest absolute Gasteiger partial charge is 0.223 e. The van der Waals surface area contributed by atoms with Gasteiger partial charge >= 0.3 is 0 Å². The molecule has 132 valence electrons. The highest BCUT2D eigenvalue weighted by atomic mass is 35.5. The minimum Gasteiger partial charge on any atom is -0.352 e. The Labute approximate surface area is 152 Å². The highest BCUT2D eigenvalue weighted by Crippen LogP contribution is 2.20. The first-order chi connectivity index (χ1) is 12.1. The second kappa shape index (κ2) is 8.45. The van der Waals surface area contributed by atoms with E-state index < -0.39 is 0 Å². The van der Waals surface area contributed by atoms with Crippen LogP contribution in [0.15, 0.2) is 48.5 Å². The first kappa shape index (κ1) is 17.9. The van der Waals surface area contributed by atoms with Crippen molar-refractivity contribution in [2.75, 3.05) is 13.1 Å². The van der Waals surface area contributed by atoms with E-state index in [-0.39, 0.29) is 17.6 Å². The third kappa shape index (κ3) is 5.28. The van der Waals surface area contributed by atoms with Crippen LogP contribution in [0.25, 0.3) is 0 Å². The molecule has 0 radical (unpaired) electrons. The van der Waals surface area contributed by atoms with Gasteiger partial charge in [-0.05, 0) is 61.3 Å². The van der Waals surface area contributed by atoms with Crippen LogP contribution in [-0.4, -0.2) is 23.9 Å². The van der Waals surface area contributed by atoms with Crippen molar-refractivity contribution < 1.29 is 9.18 Å². The number of hydrogen-bond acceptors (Lipinski definition) is 2. The molecule has 1 aliphatic heterocycles. The van der Waals surface area contributed by atoms with Gasteiger partial charge in [-0.25, -0.2) is 4.39 Å². The zero-order valence-corrected chi connectivity index (χ0v) is 14.8. The second-order valence-electron chi connectivity index (χ2n) is 6.52. The van der Waals surface area contributed by atoms with Crippen molar-refractivity contribution in [3.05, 3.63) is 70.5 Å². The molecule has 1 heterocycles. The predicted molar refractivity (Wildman–Crippen MR) is 97.7 cm³/mol. The van der Waals surface area contributed by atoms with Gasteiger partial charge in [0, 0.05) is 24.0 Å². The molecule has 25 heavy (non-hydrogen) atoms. The molecule has 0 bridgehead atoms. The van der Waals surface area contributed by atoms with Crippen molar-refractivity contribution >= 4 is 17.5 Å². The van der Waals surface area contributed by atoms with Crippen molar-refractivity contribution in [1.29, 1.82) is 0 Å². The van der Waals surface area contributed by atoms with Crippen molar-refractivity contribution in [3.8, 4) is 0 Å². The summed E-state index contributed by atoms with van der Waals surface area (Å²) < 4.78 is 12.9. The maximum Gasteiger partial charge on any atom is 0.223 e. The maximum absolute atomic E-state index is 12.9. The van der Waals surface area contributed by atoms with Crippen LogP contribution in [0.2, 0.25) is 5.02 Å². The minimum absolute atomic E-state index is 0.0573. The van der Waals surface area contributed by atoms with E-state index in [1.54, 1.807) is 12.1 Å². The van der Waals surface area contributed by atoms with Gasteiger partial charge in [0.2, 0.25) is 5.91 Å². The van der Waals surface area contributed by atoms with Crippen molar-refractivity contribution in [3.63, 3.8) is 0 Å². The fraction of sp³-hybridized carbons (Fsp3) is 0.350. The van der Waals surface area contributed by atoms with Crippen molar-refractivity contribution in [2.24, 2.45) is 5.92 Å². The molecule has 0 unspecified atom stereocenters. The van der Waals surface area contributed by atoms with Gasteiger partial charge in [-0.3, -0.25) is 9.69 Å². The molecule has 0 aliphatic carbocycles. The molecule has 5 heteroatoms. The van der Waals surface area contributed by atoms with Crippen molar-refractivity contribution in [2.45, 2.75) is 25.9 Å². The van der Waals surface area contributed by atoms with Gasteiger partial charge in [0.1, 0.15) is 5.82 Å². The highest BCUT2D eigenvalue weighted by Gasteiger charge is 2.24. The second-order valence-corrected chi connectivity index (χ2v) is 6.96. The Hall–Kier alpha value is -1.91. The summed E-state index contributed by atoms with van der Waals surface area (Å²) in [7, 11) is 0. The lowest BCUT2D eigenvalue weighted by Crippen LogP contribution is -2.40. The lowest BCUT2D eigenvalue weighted by Gasteiger charge is -2.31. The molecule has 2 aromatic rings. The minimum atomic E-state index is -0.261. The first-order valence-corrected chi connectivity index (χ1v) is 8.97. The van der Waals surface area contributed by atoms with Crippen molar-refractivity contribution in [1.82, 2.24) is 10.2 Å². The van der Waals surface area contributed by atoms with E-state index in [1.807, 2.05) is 24.3 Å². The third-order valence-electron chi connectivity index (χ3n) is 4.66. The van der Waals surface area contributed by atoms with E-state index in [1.165, 1.54) is 17.7 Å². The summed E-state index contributed by atoms with van der Waals surface area (Å²) >= 11 is 5.91. The van der Waals surface area contributed by atoms with Crippen LogP contribution in [0.4, 0.5) is 4.39 Å². The van der Waals surface area contributed by atoms with E-state index in [9.17, 15) is 9.18 Å². The van der Waals surface area contributed by atoms with Crippen LogP contribution >= 0.6 is 11.6 Å². The zero-order valence-electron chi connectivity index (χ0n) is 14.1. The molecule has 0 spiro atoms. The Balaban J connectivity index is 1.42. The van der Waals surface area contributed by atoms with Crippen LogP contribution in [0.3, 0.4) is 0 Å². The summed E-state index contributed by atoms with van der Waals surface area (Å²) in [6, 6.07) is 14.1. The number of carbonyl (C=O) groups is 1. The van der Waals surface area contributed by atoms with Crippen LogP contribution in [0.1, 0.15) is 24.0 Å². The third-order valence-corrected chi connectivity index (χ3v) is 4.91. The molecule has 1 amide bonds. The van der Waals surface area contributed by atoms with E-state index in [0.29, 0.717) is 6.54 Å². The molecule has 0 atom stereocenters. The summed E-state index contributed by atoms with van der Waals surface area (Å²) in [5.41, 5.74) is 2.15. The number of amides is 1. The van der Waals surface area contributed by atoms with Crippen LogP contribution < -0.4 is 5.32 Å². The molecule has 1 aliphatic rings. The lowest BCUT2D eigenvalue weighted by molar-refractivity contribution is -0.126. The van der Waals surface area contributed by atoms with Gasteiger partial charge in [0.25, 0.3) is 0 Å². The lowest BCUT2D eigenvalue weighted by atomic mass is 9.95. The Morgan fingerprint density at radius 1 is 1.04 bits per heavy atom. The van der Waals surface area contributed by atoms with Gasteiger partial charge in [-0.15, -0.1) is 0 Å². The molecular formula is C20H22ClFN2O. The molecule has 3 nitrogen and oxygen atoms in total. The maximum atomic E-state index is 12.9. The van der Waals surface area contributed by atoms with E-state index in [2.05, 4.69) is 10.2 Å². The number of likely N-dealkylation sites (tertiary alicyclic amines) is 1. The fourth-order valence-electron chi connectivity index (χ4n) is 3.14. The quantitative estimate of drug-likeness (QED) is 0.873. The van der Waals surface area contributed by atoms with Gasteiger partial charge in [0.05, 0.1) is 0 Å². The number of rotatable bonds is 5. The number of nitrogens with one attached hydrogen (secondary N) is 1. The molecule has 0 saturated carbocycles. The number of nitrogens with zero attached hydrogens (tertiary/aromatic N) is 1. The topological polar surface area (TPSA) is 32.3 Å². The fourth-order valence-corrected chi connectivity index (χ4v) is 3.26. The summed E-state index contributed by atoms with van der Waals surface area (Å²) in [6.45, 7) is 3.17. The molecule has 1 fully saturated rings. The summed E-state index contributed by atoms with van der Waals surface area (Å²) in [4.78, 5) is 14.7. The number of halogens is 2. The molecule has 1 N–H and O–H groups in total. The molecule has 2 aromatic carbocycles. The van der Waals surface area contributed by atoms with Gasteiger partial charge in [0.15, 0.2) is 0 Å². The number of benzene rings is 2. The molecule has 3 rings (SSSR count). The monoisotopic (exact) mass is 360 g/mol. The number of piperidine rings is 1. The normalized spacial score (nSPS) is 15.9.